The number of rotatable bonds is 3. The first-order chi connectivity index (χ1) is 8.22. The third-order valence-corrected chi connectivity index (χ3v) is 4.35. The Bertz CT molecular complexity index is 523. The Hall–Kier alpha value is -1.46. The zero-order valence-corrected chi connectivity index (χ0v) is 10.8. The molecule has 0 saturated carbocycles. The summed E-state index contributed by atoms with van der Waals surface area (Å²) in [6.07, 6.45) is 0. The van der Waals surface area contributed by atoms with Gasteiger partial charge in [-0.25, -0.2) is 4.79 Å². The second-order valence-corrected chi connectivity index (χ2v) is 5.51. The molecule has 0 amide bonds. The summed E-state index contributed by atoms with van der Waals surface area (Å²) < 4.78 is 5.84. The van der Waals surface area contributed by atoms with E-state index in [2.05, 4.69) is 0 Å². The van der Waals surface area contributed by atoms with E-state index in [9.17, 15) is 4.79 Å². The largest absolute Gasteiger partial charge is 0.465 e. The first kappa shape index (κ1) is 12.0. The molecule has 5 heteroatoms. The van der Waals surface area contributed by atoms with Crippen LogP contribution < -0.4 is 5.73 Å². The van der Waals surface area contributed by atoms with E-state index in [1.165, 1.54) is 18.9 Å². The number of ether oxygens (including phenoxy) is 1. The van der Waals surface area contributed by atoms with Gasteiger partial charge in [0.25, 0.3) is 0 Å². The molecule has 0 unspecified atom stereocenters. The maximum atomic E-state index is 11.6. The van der Waals surface area contributed by atoms with Crippen LogP contribution in [0.5, 0.6) is 0 Å². The van der Waals surface area contributed by atoms with Crippen LogP contribution in [0.25, 0.3) is 0 Å². The van der Waals surface area contributed by atoms with Crippen LogP contribution in [0.1, 0.15) is 10.4 Å². The van der Waals surface area contributed by atoms with Crippen LogP contribution >= 0.6 is 23.1 Å². The summed E-state index contributed by atoms with van der Waals surface area (Å²) in [5.74, 6) is -0.364. The topological polar surface area (TPSA) is 52.3 Å². The van der Waals surface area contributed by atoms with E-state index in [1.807, 2.05) is 17.5 Å². The Balaban J connectivity index is 2.40. The van der Waals surface area contributed by atoms with Gasteiger partial charge in [-0.1, -0.05) is 23.9 Å². The van der Waals surface area contributed by atoms with Crippen molar-refractivity contribution in [3.8, 4) is 0 Å². The summed E-state index contributed by atoms with van der Waals surface area (Å²) in [6.45, 7) is 0. The number of thiophene rings is 1. The van der Waals surface area contributed by atoms with Crippen LogP contribution in [-0.2, 0) is 4.74 Å². The van der Waals surface area contributed by atoms with Crippen molar-refractivity contribution in [3.05, 3.63) is 41.3 Å². The lowest BCUT2D eigenvalue weighted by molar-refractivity contribution is 0.0597. The van der Waals surface area contributed by atoms with Crippen molar-refractivity contribution in [3.63, 3.8) is 0 Å². The number of nitrogen functional groups attached to an aromatic ring is 1. The van der Waals surface area contributed by atoms with E-state index >= 15 is 0 Å². The van der Waals surface area contributed by atoms with Crippen LogP contribution in [0.4, 0.5) is 5.69 Å². The molecule has 0 fully saturated rings. The van der Waals surface area contributed by atoms with E-state index in [-0.39, 0.29) is 5.97 Å². The molecule has 1 aromatic carbocycles. The fraction of sp³-hybridized carbons (Fsp3) is 0.0833. The number of hydrogen-bond acceptors (Lipinski definition) is 5. The van der Waals surface area contributed by atoms with Crippen LogP contribution in [0, 0.1) is 0 Å². The summed E-state index contributed by atoms with van der Waals surface area (Å²) in [7, 11) is 1.37. The van der Waals surface area contributed by atoms with Gasteiger partial charge in [0, 0.05) is 5.69 Å². The van der Waals surface area contributed by atoms with Crippen molar-refractivity contribution >= 4 is 34.8 Å². The molecule has 3 nitrogen and oxygen atoms in total. The monoisotopic (exact) mass is 265 g/mol. The number of esters is 1. The summed E-state index contributed by atoms with van der Waals surface area (Å²) in [4.78, 5) is 12.4. The normalized spacial score (nSPS) is 10.2. The first-order valence-electron chi connectivity index (χ1n) is 4.90. The SMILES string of the molecule is COC(=O)c1cccc(N)c1Sc1cccs1. The smallest absolute Gasteiger partial charge is 0.339 e. The Labute approximate surface area is 108 Å². The Kier molecular flexibility index (Phi) is 3.71. The zero-order chi connectivity index (χ0) is 12.3. The highest BCUT2D eigenvalue weighted by molar-refractivity contribution is 8.01. The molecular weight excluding hydrogens is 254 g/mol. The first-order valence-corrected chi connectivity index (χ1v) is 6.60. The molecule has 1 heterocycles. The maximum absolute atomic E-state index is 11.6. The van der Waals surface area contributed by atoms with Crippen LogP contribution in [0.3, 0.4) is 0 Å². The van der Waals surface area contributed by atoms with Crippen LogP contribution in [-0.4, -0.2) is 13.1 Å². The quantitative estimate of drug-likeness (QED) is 0.683. The van der Waals surface area contributed by atoms with Gasteiger partial charge in [0.15, 0.2) is 0 Å². The average Bonchev–Trinajstić information content (AvgIpc) is 2.83. The highest BCUT2D eigenvalue weighted by atomic mass is 32.2. The van der Waals surface area contributed by atoms with Crippen molar-refractivity contribution in [2.45, 2.75) is 9.10 Å². The third-order valence-electron chi connectivity index (χ3n) is 2.15. The second kappa shape index (κ2) is 5.25. The van der Waals surface area contributed by atoms with Crippen LogP contribution in [0.15, 0.2) is 44.8 Å². The zero-order valence-electron chi connectivity index (χ0n) is 9.17. The molecule has 17 heavy (non-hydrogen) atoms. The van der Waals surface area contributed by atoms with E-state index in [0.29, 0.717) is 11.3 Å². The molecule has 1 aromatic heterocycles. The fourth-order valence-corrected chi connectivity index (χ4v) is 3.21. The van der Waals surface area contributed by atoms with Gasteiger partial charge in [0.1, 0.15) is 0 Å². The number of methoxy groups -OCH3 is 1. The summed E-state index contributed by atoms with van der Waals surface area (Å²) in [5.41, 5.74) is 7.00. The molecule has 0 aliphatic heterocycles. The van der Waals surface area contributed by atoms with Gasteiger partial charge in [-0.2, -0.15) is 0 Å². The minimum Gasteiger partial charge on any atom is -0.465 e. The van der Waals surface area contributed by atoms with Crippen molar-refractivity contribution in [1.82, 2.24) is 0 Å². The number of anilines is 1. The molecule has 0 aliphatic rings. The lowest BCUT2D eigenvalue weighted by atomic mass is 10.2. The average molecular weight is 265 g/mol. The Morgan fingerprint density at radius 3 is 2.82 bits per heavy atom. The van der Waals surface area contributed by atoms with Gasteiger partial charge in [0.05, 0.1) is 21.8 Å². The van der Waals surface area contributed by atoms with Gasteiger partial charge in [-0.05, 0) is 23.6 Å². The van der Waals surface area contributed by atoms with Gasteiger partial charge < -0.3 is 10.5 Å². The number of carbonyl (C=O) groups excluding carboxylic acids is 1. The highest BCUT2D eigenvalue weighted by Crippen LogP contribution is 2.37. The summed E-state index contributed by atoms with van der Waals surface area (Å²) in [5, 5.41) is 1.99. The Morgan fingerprint density at radius 2 is 2.18 bits per heavy atom. The number of hydrogen-bond donors (Lipinski definition) is 1. The summed E-state index contributed by atoms with van der Waals surface area (Å²) in [6, 6.07) is 9.20. The molecular formula is C12H11NO2S2. The minimum absolute atomic E-state index is 0.364. The van der Waals surface area contributed by atoms with Gasteiger partial charge in [0.2, 0.25) is 0 Å². The van der Waals surface area contributed by atoms with Gasteiger partial charge >= 0.3 is 5.97 Å². The Morgan fingerprint density at radius 1 is 1.35 bits per heavy atom. The van der Waals surface area contributed by atoms with Crippen LogP contribution in [0.2, 0.25) is 0 Å². The molecule has 2 N–H and O–H groups in total. The maximum Gasteiger partial charge on any atom is 0.339 e. The lowest BCUT2D eigenvalue weighted by Gasteiger charge is -2.08. The van der Waals surface area contributed by atoms with Crippen molar-refractivity contribution in [1.29, 1.82) is 0 Å². The predicted molar refractivity (Wildman–Crippen MR) is 70.6 cm³/mol. The predicted octanol–water partition coefficient (Wildman–Crippen LogP) is 3.27. The van der Waals surface area contributed by atoms with E-state index < -0.39 is 0 Å². The van der Waals surface area contributed by atoms with Gasteiger partial charge in [-0.3, -0.25) is 0 Å². The van der Waals surface area contributed by atoms with E-state index in [4.69, 9.17) is 10.5 Å². The molecule has 0 bridgehead atoms. The molecule has 0 atom stereocenters. The van der Waals surface area contributed by atoms with E-state index in [0.717, 1.165) is 9.10 Å². The number of carbonyl (C=O) groups is 1. The number of benzene rings is 1. The van der Waals surface area contributed by atoms with Crippen molar-refractivity contribution in [2.75, 3.05) is 12.8 Å². The summed E-state index contributed by atoms with van der Waals surface area (Å²) >= 11 is 3.09. The van der Waals surface area contributed by atoms with Gasteiger partial charge in [-0.15, -0.1) is 11.3 Å². The molecule has 0 aliphatic carbocycles. The van der Waals surface area contributed by atoms with E-state index in [1.54, 1.807) is 29.5 Å². The lowest BCUT2D eigenvalue weighted by Crippen LogP contribution is -2.04. The fourth-order valence-electron chi connectivity index (χ4n) is 1.36. The van der Waals surface area contributed by atoms with Crippen molar-refractivity contribution < 1.29 is 9.53 Å². The molecule has 88 valence electrons. The molecule has 2 aromatic rings. The minimum atomic E-state index is -0.364. The molecule has 0 radical (unpaired) electrons. The molecule has 0 spiro atoms. The highest BCUT2D eigenvalue weighted by Gasteiger charge is 2.15. The molecule has 2 rings (SSSR count). The number of nitrogens with two attached hydrogens (primary N) is 1. The second-order valence-electron chi connectivity index (χ2n) is 3.25. The van der Waals surface area contributed by atoms with Crippen molar-refractivity contribution in [2.24, 2.45) is 0 Å². The molecule has 0 saturated heterocycles. The standard InChI is InChI=1S/C12H11NO2S2/c1-15-12(14)8-4-2-5-9(13)11(8)17-10-6-3-7-16-10/h2-7H,13H2,1H3. The third kappa shape index (κ3) is 2.62.